The molecule has 0 saturated carbocycles. The number of halogens is 4. The molecule has 47 heavy (non-hydrogen) atoms. The van der Waals surface area contributed by atoms with E-state index in [1.807, 2.05) is 54.7 Å². The fourth-order valence-corrected chi connectivity index (χ4v) is 6.03. The Labute approximate surface area is 279 Å². The second kappa shape index (κ2) is 16.6. The molecule has 0 aliphatic carbocycles. The molecule has 5 rings (SSSR count). The van der Waals surface area contributed by atoms with Gasteiger partial charge in [0, 0.05) is 37.9 Å². The molecule has 0 radical (unpaired) electrons. The van der Waals surface area contributed by atoms with Crippen LogP contribution in [0.15, 0.2) is 116 Å². The van der Waals surface area contributed by atoms with E-state index in [2.05, 4.69) is 63.5 Å². The molecule has 246 valence electrons. The zero-order valence-corrected chi connectivity index (χ0v) is 27.1. The number of alkyl halides is 3. The molecule has 4 aromatic carbocycles. The molecular formula is C38H40ClF3N4O. The van der Waals surface area contributed by atoms with Gasteiger partial charge in [0.15, 0.2) is 0 Å². The predicted octanol–water partition coefficient (Wildman–Crippen LogP) is 9.08. The molecule has 1 aromatic heterocycles. The number of aromatic nitrogens is 2. The van der Waals surface area contributed by atoms with Crippen LogP contribution in [0.2, 0.25) is 5.02 Å². The van der Waals surface area contributed by atoms with Crippen LogP contribution in [0.25, 0.3) is 0 Å². The molecule has 5 nitrogen and oxygen atoms in total. The monoisotopic (exact) mass is 660 g/mol. The molecule has 0 bridgehead atoms. The lowest BCUT2D eigenvalue weighted by molar-refractivity contribution is -0.137. The lowest BCUT2D eigenvalue weighted by atomic mass is 9.90. The normalized spacial score (nSPS) is 12.5. The molecule has 9 heteroatoms. The second-order valence-corrected chi connectivity index (χ2v) is 12.0. The van der Waals surface area contributed by atoms with Gasteiger partial charge < -0.3 is 15.0 Å². The molecule has 0 spiro atoms. The van der Waals surface area contributed by atoms with Crippen molar-refractivity contribution in [1.82, 2.24) is 20.2 Å². The van der Waals surface area contributed by atoms with Crippen LogP contribution >= 0.6 is 11.6 Å². The smallest absolute Gasteiger partial charge is 0.417 e. The van der Waals surface area contributed by atoms with Crippen molar-refractivity contribution in [1.29, 1.82) is 0 Å². The van der Waals surface area contributed by atoms with Gasteiger partial charge in [-0.3, -0.25) is 4.90 Å². The molecule has 2 N–H and O–H groups in total. The topological polar surface area (TPSA) is 53.2 Å². The van der Waals surface area contributed by atoms with E-state index in [9.17, 15) is 13.2 Å². The Morgan fingerprint density at radius 1 is 0.915 bits per heavy atom. The van der Waals surface area contributed by atoms with Crippen LogP contribution in [0.5, 0.6) is 5.75 Å². The number of rotatable bonds is 16. The number of imidazole rings is 1. The Bertz CT molecular complexity index is 1610. The lowest BCUT2D eigenvalue weighted by Gasteiger charge is -2.29. The quantitative estimate of drug-likeness (QED) is 0.104. The van der Waals surface area contributed by atoms with Gasteiger partial charge in [0.25, 0.3) is 0 Å². The summed E-state index contributed by atoms with van der Waals surface area (Å²) in [6.07, 6.45) is 0.565. The van der Waals surface area contributed by atoms with Gasteiger partial charge in [-0.05, 0) is 66.8 Å². The van der Waals surface area contributed by atoms with E-state index in [1.165, 1.54) is 6.07 Å². The summed E-state index contributed by atoms with van der Waals surface area (Å²) in [7, 11) is 0. The fourth-order valence-electron chi connectivity index (χ4n) is 5.74. The standard InChI is InChI=1S/C38H40ClF3N4O/c1-28(37-44-21-22-45-37)43-20-19-29-11-8-17-33(25-29)47-24-10-23-46(26-32-16-9-18-35(36(32)39)38(40,41)42)27-34(30-12-4-2-5-13-30)31-14-6-3-7-15-31/h2-9,11-18,21-22,25,28,34,43H,10,19-20,23-24,26-27H2,1H3,(H,44,45). The van der Waals surface area contributed by atoms with Crippen molar-refractivity contribution in [3.05, 3.63) is 154 Å². The summed E-state index contributed by atoms with van der Waals surface area (Å²) in [6.45, 7) is 4.81. The van der Waals surface area contributed by atoms with Crippen LogP contribution in [-0.4, -0.2) is 41.1 Å². The number of hydrogen-bond acceptors (Lipinski definition) is 4. The van der Waals surface area contributed by atoms with Gasteiger partial charge in [-0.15, -0.1) is 0 Å². The van der Waals surface area contributed by atoms with Crippen molar-refractivity contribution < 1.29 is 17.9 Å². The highest BCUT2D eigenvalue weighted by molar-refractivity contribution is 6.32. The van der Waals surface area contributed by atoms with Crippen molar-refractivity contribution in [2.24, 2.45) is 0 Å². The van der Waals surface area contributed by atoms with Gasteiger partial charge in [0.1, 0.15) is 11.6 Å². The predicted molar refractivity (Wildman–Crippen MR) is 182 cm³/mol. The van der Waals surface area contributed by atoms with Crippen LogP contribution in [0, 0.1) is 0 Å². The lowest BCUT2D eigenvalue weighted by Crippen LogP contribution is -2.31. The van der Waals surface area contributed by atoms with Crippen molar-refractivity contribution in [3.63, 3.8) is 0 Å². The average molecular weight is 661 g/mol. The molecule has 1 atom stereocenters. The largest absolute Gasteiger partial charge is 0.494 e. The summed E-state index contributed by atoms with van der Waals surface area (Å²) < 4.78 is 47.3. The minimum Gasteiger partial charge on any atom is -0.494 e. The Morgan fingerprint density at radius 2 is 1.62 bits per heavy atom. The first-order chi connectivity index (χ1) is 22.8. The summed E-state index contributed by atoms with van der Waals surface area (Å²) in [4.78, 5) is 9.62. The molecule has 0 amide bonds. The van der Waals surface area contributed by atoms with Crippen molar-refractivity contribution in [3.8, 4) is 5.75 Å². The maximum atomic E-state index is 13.7. The second-order valence-electron chi connectivity index (χ2n) is 11.6. The summed E-state index contributed by atoms with van der Waals surface area (Å²) in [5.74, 6) is 1.72. The number of aromatic amines is 1. The van der Waals surface area contributed by atoms with Crippen LogP contribution in [0.4, 0.5) is 13.2 Å². The van der Waals surface area contributed by atoms with Crippen molar-refractivity contribution in [2.45, 2.75) is 44.4 Å². The summed E-state index contributed by atoms with van der Waals surface area (Å²) in [5.41, 5.74) is 3.08. The molecule has 1 unspecified atom stereocenters. The highest BCUT2D eigenvalue weighted by atomic mass is 35.5. The maximum absolute atomic E-state index is 13.7. The third kappa shape index (κ3) is 9.94. The molecule has 0 aliphatic heterocycles. The van der Waals surface area contributed by atoms with Gasteiger partial charge in [0.05, 0.1) is 23.2 Å². The van der Waals surface area contributed by atoms with Crippen LogP contribution in [0.3, 0.4) is 0 Å². The molecule has 0 saturated heterocycles. The number of benzene rings is 4. The van der Waals surface area contributed by atoms with Crippen molar-refractivity contribution >= 4 is 11.6 Å². The first-order valence-corrected chi connectivity index (χ1v) is 16.3. The maximum Gasteiger partial charge on any atom is 0.417 e. The Hall–Kier alpha value is -4.11. The van der Waals surface area contributed by atoms with Gasteiger partial charge >= 0.3 is 6.18 Å². The van der Waals surface area contributed by atoms with Crippen LogP contribution in [0.1, 0.15) is 58.9 Å². The fraction of sp³-hybridized carbons (Fsp3) is 0.289. The minimum atomic E-state index is -4.52. The Kier molecular flexibility index (Phi) is 12.1. The SMILES string of the molecule is CC(NCCc1cccc(OCCCN(Cc2cccc(C(F)(F)F)c2Cl)CC(c2ccccc2)c2ccccc2)c1)c1ncc[nH]1. The van der Waals surface area contributed by atoms with Gasteiger partial charge in [-0.1, -0.05) is 96.5 Å². The van der Waals surface area contributed by atoms with Gasteiger partial charge in [-0.25, -0.2) is 4.98 Å². The molecular weight excluding hydrogens is 621 g/mol. The first kappa shape index (κ1) is 34.2. The third-order valence-electron chi connectivity index (χ3n) is 8.20. The average Bonchev–Trinajstić information content (AvgIpc) is 3.62. The first-order valence-electron chi connectivity index (χ1n) is 15.9. The van der Waals surface area contributed by atoms with Crippen LogP contribution in [-0.2, 0) is 19.1 Å². The Morgan fingerprint density at radius 3 is 2.28 bits per heavy atom. The zero-order chi connectivity index (χ0) is 33.1. The van der Waals surface area contributed by atoms with E-state index in [0.29, 0.717) is 31.7 Å². The molecule has 5 aromatic rings. The highest BCUT2D eigenvalue weighted by Gasteiger charge is 2.34. The minimum absolute atomic E-state index is 0.0173. The number of ether oxygens (including phenoxy) is 1. The molecule has 1 heterocycles. The van der Waals surface area contributed by atoms with Gasteiger partial charge in [0.2, 0.25) is 0 Å². The zero-order valence-electron chi connectivity index (χ0n) is 26.4. The van der Waals surface area contributed by atoms with E-state index in [4.69, 9.17) is 16.3 Å². The number of nitrogens with one attached hydrogen (secondary N) is 2. The molecule has 0 aliphatic rings. The van der Waals surface area contributed by atoms with E-state index in [-0.39, 0.29) is 23.5 Å². The van der Waals surface area contributed by atoms with E-state index < -0.39 is 11.7 Å². The van der Waals surface area contributed by atoms with E-state index in [0.717, 1.165) is 47.3 Å². The Balaban J connectivity index is 1.25. The third-order valence-corrected chi connectivity index (χ3v) is 8.65. The van der Waals surface area contributed by atoms with Crippen LogP contribution < -0.4 is 10.1 Å². The van der Waals surface area contributed by atoms with Gasteiger partial charge in [-0.2, -0.15) is 13.2 Å². The summed E-state index contributed by atoms with van der Waals surface area (Å²) in [5, 5.41) is 3.23. The number of H-pyrrole nitrogens is 1. The van der Waals surface area contributed by atoms with E-state index >= 15 is 0 Å². The van der Waals surface area contributed by atoms with E-state index in [1.54, 1.807) is 12.3 Å². The number of nitrogens with zero attached hydrogens (tertiary/aromatic N) is 2. The summed E-state index contributed by atoms with van der Waals surface area (Å²) in [6, 6.07) is 32.7. The molecule has 0 fully saturated rings. The van der Waals surface area contributed by atoms with Crippen molar-refractivity contribution in [2.75, 3.05) is 26.2 Å². The number of hydrogen-bond donors (Lipinski definition) is 2. The summed E-state index contributed by atoms with van der Waals surface area (Å²) >= 11 is 6.36. The highest BCUT2D eigenvalue weighted by Crippen LogP contribution is 2.37.